The summed E-state index contributed by atoms with van der Waals surface area (Å²) in [6.07, 6.45) is 1.99. The molecule has 0 aliphatic heterocycles. The average Bonchev–Trinajstić information content (AvgIpc) is 2.48. The first-order valence-electron chi connectivity index (χ1n) is 4.53. The van der Waals surface area contributed by atoms with Crippen molar-refractivity contribution in [3.05, 3.63) is 36.3 Å². The molecule has 0 fully saturated rings. The molecule has 1 aromatic heterocycles. The highest BCUT2D eigenvalue weighted by atomic mass is 15.0. The standard InChI is InChI=1S/C11H13N3/c1-8-13-11(7-14(8)2)9-5-3-4-6-10(9)12/h3-7H,12H2,1-2H3. The molecule has 3 nitrogen and oxygen atoms in total. The topological polar surface area (TPSA) is 43.8 Å². The third kappa shape index (κ3) is 1.37. The summed E-state index contributed by atoms with van der Waals surface area (Å²) in [6, 6.07) is 7.76. The number of benzene rings is 1. The van der Waals surface area contributed by atoms with E-state index in [1.807, 2.05) is 49.0 Å². The molecule has 0 saturated carbocycles. The molecule has 0 aliphatic carbocycles. The predicted octanol–water partition coefficient (Wildman–Crippen LogP) is 1.98. The lowest BCUT2D eigenvalue weighted by Gasteiger charge is -1.99. The molecule has 14 heavy (non-hydrogen) atoms. The number of nitrogens with zero attached hydrogens (tertiary/aromatic N) is 2. The van der Waals surface area contributed by atoms with Crippen molar-refractivity contribution in [2.45, 2.75) is 6.92 Å². The van der Waals surface area contributed by atoms with Gasteiger partial charge in [0.05, 0.1) is 5.69 Å². The Morgan fingerprint density at radius 1 is 1.29 bits per heavy atom. The maximum atomic E-state index is 5.86. The van der Waals surface area contributed by atoms with Crippen molar-refractivity contribution in [3.63, 3.8) is 0 Å². The van der Waals surface area contributed by atoms with Gasteiger partial charge in [-0.25, -0.2) is 4.98 Å². The minimum absolute atomic E-state index is 0.769. The maximum Gasteiger partial charge on any atom is 0.105 e. The van der Waals surface area contributed by atoms with Gasteiger partial charge in [-0.3, -0.25) is 0 Å². The van der Waals surface area contributed by atoms with Gasteiger partial charge >= 0.3 is 0 Å². The van der Waals surface area contributed by atoms with Crippen LogP contribution in [0.5, 0.6) is 0 Å². The Morgan fingerprint density at radius 2 is 2.00 bits per heavy atom. The van der Waals surface area contributed by atoms with Crippen molar-refractivity contribution in [3.8, 4) is 11.3 Å². The molecule has 0 bridgehead atoms. The summed E-state index contributed by atoms with van der Waals surface area (Å²) >= 11 is 0. The van der Waals surface area contributed by atoms with Gasteiger partial charge in [0, 0.05) is 24.5 Å². The van der Waals surface area contributed by atoms with Gasteiger partial charge in [0.15, 0.2) is 0 Å². The van der Waals surface area contributed by atoms with Gasteiger partial charge in [0.1, 0.15) is 5.82 Å². The zero-order valence-electron chi connectivity index (χ0n) is 8.36. The molecule has 0 amide bonds. The number of nitrogen functional groups attached to an aromatic ring is 1. The Labute approximate surface area is 83.2 Å². The number of rotatable bonds is 1. The van der Waals surface area contributed by atoms with Crippen LogP contribution >= 0.6 is 0 Å². The summed E-state index contributed by atoms with van der Waals surface area (Å²) in [5, 5.41) is 0. The quantitative estimate of drug-likeness (QED) is 0.694. The number of imidazole rings is 1. The number of aryl methyl sites for hydroxylation is 2. The summed E-state index contributed by atoms with van der Waals surface area (Å²) in [7, 11) is 1.98. The van der Waals surface area contributed by atoms with Crippen molar-refractivity contribution in [1.29, 1.82) is 0 Å². The van der Waals surface area contributed by atoms with Crippen LogP contribution in [-0.4, -0.2) is 9.55 Å². The van der Waals surface area contributed by atoms with Gasteiger partial charge in [-0.05, 0) is 13.0 Å². The fraction of sp³-hybridized carbons (Fsp3) is 0.182. The Morgan fingerprint density at radius 3 is 2.57 bits per heavy atom. The zero-order chi connectivity index (χ0) is 10.1. The molecule has 2 aromatic rings. The highest BCUT2D eigenvalue weighted by molar-refractivity contribution is 5.73. The molecule has 1 aromatic carbocycles. The molecule has 1 heterocycles. The average molecular weight is 187 g/mol. The van der Waals surface area contributed by atoms with Crippen LogP contribution in [0.2, 0.25) is 0 Å². The summed E-state index contributed by atoms with van der Waals surface area (Å²) < 4.78 is 1.99. The molecule has 0 spiro atoms. The Bertz CT molecular complexity index is 438. The Hall–Kier alpha value is -1.77. The number of nitrogens with two attached hydrogens (primary N) is 1. The van der Waals surface area contributed by atoms with Crippen LogP contribution in [-0.2, 0) is 7.05 Å². The van der Waals surface area contributed by atoms with Gasteiger partial charge in [0.25, 0.3) is 0 Å². The molecule has 0 aliphatic rings. The summed E-state index contributed by atoms with van der Waals surface area (Å²) in [5.41, 5.74) is 8.56. The van der Waals surface area contributed by atoms with Crippen molar-refractivity contribution >= 4 is 5.69 Å². The van der Waals surface area contributed by atoms with E-state index in [9.17, 15) is 0 Å². The lowest BCUT2D eigenvalue weighted by atomic mass is 10.1. The highest BCUT2D eigenvalue weighted by Crippen LogP contribution is 2.23. The van der Waals surface area contributed by atoms with E-state index >= 15 is 0 Å². The molecular formula is C11H13N3. The van der Waals surface area contributed by atoms with Crippen LogP contribution in [0.1, 0.15) is 5.82 Å². The lowest BCUT2D eigenvalue weighted by molar-refractivity contribution is 0.858. The molecule has 2 N–H and O–H groups in total. The van der Waals surface area contributed by atoms with Crippen LogP contribution in [0, 0.1) is 6.92 Å². The first-order chi connectivity index (χ1) is 6.68. The van der Waals surface area contributed by atoms with E-state index in [1.165, 1.54) is 0 Å². The van der Waals surface area contributed by atoms with E-state index in [0.29, 0.717) is 0 Å². The maximum absolute atomic E-state index is 5.86. The second kappa shape index (κ2) is 3.18. The molecule has 3 heteroatoms. The third-order valence-corrected chi connectivity index (χ3v) is 2.35. The van der Waals surface area contributed by atoms with Crippen LogP contribution in [0.25, 0.3) is 11.3 Å². The van der Waals surface area contributed by atoms with Crippen LogP contribution in [0.15, 0.2) is 30.5 Å². The van der Waals surface area contributed by atoms with Crippen molar-refractivity contribution in [2.75, 3.05) is 5.73 Å². The number of hydrogen-bond donors (Lipinski definition) is 1. The van der Waals surface area contributed by atoms with Gasteiger partial charge in [-0.2, -0.15) is 0 Å². The first-order valence-corrected chi connectivity index (χ1v) is 4.53. The van der Waals surface area contributed by atoms with E-state index in [0.717, 1.165) is 22.8 Å². The summed E-state index contributed by atoms with van der Waals surface area (Å²) in [4.78, 5) is 4.42. The lowest BCUT2D eigenvalue weighted by Crippen LogP contribution is -1.88. The number of anilines is 1. The first kappa shape index (κ1) is 8.81. The fourth-order valence-electron chi connectivity index (χ4n) is 1.42. The largest absolute Gasteiger partial charge is 0.398 e. The van der Waals surface area contributed by atoms with E-state index in [2.05, 4.69) is 4.98 Å². The van der Waals surface area contributed by atoms with Gasteiger partial charge in [-0.1, -0.05) is 18.2 Å². The minimum Gasteiger partial charge on any atom is -0.398 e. The molecule has 72 valence electrons. The zero-order valence-corrected chi connectivity index (χ0v) is 8.36. The Balaban J connectivity index is 2.55. The minimum atomic E-state index is 0.769. The van der Waals surface area contributed by atoms with Crippen molar-refractivity contribution in [2.24, 2.45) is 7.05 Å². The van der Waals surface area contributed by atoms with E-state index in [1.54, 1.807) is 0 Å². The van der Waals surface area contributed by atoms with Crippen molar-refractivity contribution < 1.29 is 0 Å². The van der Waals surface area contributed by atoms with E-state index in [-0.39, 0.29) is 0 Å². The molecule has 0 atom stereocenters. The normalized spacial score (nSPS) is 10.4. The third-order valence-electron chi connectivity index (χ3n) is 2.35. The second-order valence-electron chi connectivity index (χ2n) is 3.37. The Kier molecular flexibility index (Phi) is 2.00. The number of hydrogen-bond acceptors (Lipinski definition) is 2. The van der Waals surface area contributed by atoms with Crippen LogP contribution < -0.4 is 5.73 Å². The molecule has 0 unspecified atom stereocenters. The van der Waals surface area contributed by atoms with E-state index < -0.39 is 0 Å². The molecule has 2 rings (SSSR count). The summed E-state index contributed by atoms with van der Waals surface area (Å²) in [6.45, 7) is 1.97. The predicted molar refractivity (Wildman–Crippen MR) is 57.8 cm³/mol. The monoisotopic (exact) mass is 187 g/mol. The molecule has 0 radical (unpaired) electrons. The smallest absolute Gasteiger partial charge is 0.105 e. The highest BCUT2D eigenvalue weighted by Gasteiger charge is 2.05. The fourth-order valence-corrected chi connectivity index (χ4v) is 1.42. The summed E-state index contributed by atoms with van der Waals surface area (Å²) in [5.74, 6) is 0.989. The van der Waals surface area contributed by atoms with Crippen LogP contribution in [0.3, 0.4) is 0 Å². The van der Waals surface area contributed by atoms with Gasteiger partial charge in [-0.15, -0.1) is 0 Å². The number of para-hydroxylation sites is 1. The second-order valence-corrected chi connectivity index (χ2v) is 3.37. The van der Waals surface area contributed by atoms with Gasteiger partial charge < -0.3 is 10.3 Å². The SMILES string of the molecule is Cc1nc(-c2ccccc2N)cn1C. The van der Waals surface area contributed by atoms with Crippen LogP contribution in [0.4, 0.5) is 5.69 Å². The molecular weight excluding hydrogens is 174 g/mol. The van der Waals surface area contributed by atoms with E-state index in [4.69, 9.17) is 5.73 Å². The number of aromatic nitrogens is 2. The van der Waals surface area contributed by atoms with Crippen molar-refractivity contribution in [1.82, 2.24) is 9.55 Å². The molecule has 0 saturated heterocycles. The van der Waals surface area contributed by atoms with Gasteiger partial charge in [0.2, 0.25) is 0 Å².